The van der Waals surface area contributed by atoms with Crippen LogP contribution in [-0.4, -0.2) is 35.0 Å². The second kappa shape index (κ2) is 5.28. The number of nitrogen functional groups attached to an aromatic ring is 1. The van der Waals surface area contributed by atoms with Gasteiger partial charge in [-0.3, -0.25) is 10.1 Å². The normalized spacial score (nSPS) is 26.2. The Kier molecular flexibility index (Phi) is 3.48. The highest BCUT2D eigenvalue weighted by Gasteiger charge is 2.32. The molecule has 20 heavy (non-hydrogen) atoms. The standard InChI is InChI=1S/C14H20N4O2/c15-12-4-1-5-13(14(12)18(19)20)16-10-6-8-17-7-2-3-11(17)9-10/h1,4-5,10-11,16H,2-3,6-9,15H2. The minimum absolute atomic E-state index is 0.00125. The summed E-state index contributed by atoms with van der Waals surface area (Å²) in [6.45, 7) is 2.29. The van der Waals surface area contributed by atoms with Gasteiger partial charge in [0, 0.05) is 18.6 Å². The number of piperidine rings is 1. The number of nitrogens with one attached hydrogen (secondary N) is 1. The number of nitrogens with two attached hydrogens (primary N) is 1. The van der Waals surface area contributed by atoms with Crippen molar-refractivity contribution < 1.29 is 4.92 Å². The van der Waals surface area contributed by atoms with E-state index in [0.29, 0.717) is 17.8 Å². The summed E-state index contributed by atoms with van der Waals surface area (Å²) < 4.78 is 0. The van der Waals surface area contributed by atoms with E-state index in [1.807, 2.05) is 0 Å². The quantitative estimate of drug-likeness (QED) is 0.502. The van der Waals surface area contributed by atoms with Gasteiger partial charge in [-0.1, -0.05) is 6.07 Å². The van der Waals surface area contributed by atoms with E-state index < -0.39 is 4.92 Å². The van der Waals surface area contributed by atoms with Gasteiger partial charge in [-0.2, -0.15) is 0 Å². The number of anilines is 2. The maximum absolute atomic E-state index is 11.1. The van der Waals surface area contributed by atoms with Crippen molar-refractivity contribution in [1.82, 2.24) is 4.90 Å². The summed E-state index contributed by atoms with van der Waals surface area (Å²) in [5.41, 5.74) is 6.49. The van der Waals surface area contributed by atoms with Crippen LogP contribution in [0.4, 0.5) is 17.1 Å². The fourth-order valence-corrected chi connectivity index (χ4v) is 3.46. The minimum atomic E-state index is -0.400. The fraction of sp³-hybridized carbons (Fsp3) is 0.571. The fourth-order valence-electron chi connectivity index (χ4n) is 3.46. The van der Waals surface area contributed by atoms with Gasteiger partial charge in [0.05, 0.1) is 4.92 Å². The highest BCUT2D eigenvalue weighted by Crippen LogP contribution is 2.34. The maximum Gasteiger partial charge on any atom is 0.314 e. The number of benzene rings is 1. The van der Waals surface area contributed by atoms with Crippen molar-refractivity contribution in [2.45, 2.75) is 37.8 Å². The number of nitro groups is 1. The first-order chi connectivity index (χ1) is 9.65. The van der Waals surface area contributed by atoms with Gasteiger partial charge in [-0.15, -0.1) is 0 Å². The second-order valence-electron chi connectivity index (χ2n) is 5.70. The van der Waals surface area contributed by atoms with Crippen molar-refractivity contribution in [3.05, 3.63) is 28.3 Å². The van der Waals surface area contributed by atoms with Gasteiger partial charge in [0.15, 0.2) is 0 Å². The van der Waals surface area contributed by atoms with Gasteiger partial charge in [0.1, 0.15) is 11.4 Å². The Labute approximate surface area is 118 Å². The van der Waals surface area contributed by atoms with E-state index in [9.17, 15) is 10.1 Å². The summed E-state index contributed by atoms with van der Waals surface area (Å²) in [4.78, 5) is 13.3. The topological polar surface area (TPSA) is 84.4 Å². The first-order valence-corrected chi connectivity index (χ1v) is 7.18. The molecule has 0 spiro atoms. The average molecular weight is 276 g/mol. The molecule has 2 heterocycles. The molecule has 2 aliphatic heterocycles. The molecule has 2 unspecified atom stereocenters. The zero-order chi connectivity index (χ0) is 14.1. The van der Waals surface area contributed by atoms with Gasteiger partial charge in [0.25, 0.3) is 0 Å². The highest BCUT2D eigenvalue weighted by atomic mass is 16.6. The van der Waals surface area contributed by atoms with Gasteiger partial charge >= 0.3 is 5.69 Å². The van der Waals surface area contributed by atoms with Gasteiger partial charge in [0.2, 0.25) is 0 Å². The first kappa shape index (κ1) is 13.2. The predicted molar refractivity (Wildman–Crippen MR) is 78.7 cm³/mol. The molecular formula is C14H20N4O2. The molecule has 0 radical (unpaired) electrons. The molecule has 3 rings (SSSR count). The molecule has 2 fully saturated rings. The number of hydrogen-bond donors (Lipinski definition) is 2. The van der Waals surface area contributed by atoms with E-state index in [0.717, 1.165) is 19.4 Å². The molecule has 108 valence electrons. The third-order valence-electron chi connectivity index (χ3n) is 4.43. The molecule has 0 aromatic heterocycles. The van der Waals surface area contributed by atoms with Crippen molar-refractivity contribution in [2.75, 3.05) is 24.1 Å². The molecule has 0 amide bonds. The van der Waals surface area contributed by atoms with Crippen LogP contribution in [0.25, 0.3) is 0 Å². The van der Waals surface area contributed by atoms with Gasteiger partial charge < -0.3 is 16.0 Å². The molecule has 3 N–H and O–H groups in total. The van der Waals surface area contributed by atoms with Crippen LogP contribution in [0.2, 0.25) is 0 Å². The summed E-state index contributed by atoms with van der Waals surface area (Å²) in [7, 11) is 0. The summed E-state index contributed by atoms with van der Waals surface area (Å²) >= 11 is 0. The highest BCUT2D eigenvalue weighted by molar-refractivity contribution is 5.74. The lowest BCUT2D eigenvalue weighted by Crippen LogP contribution is -2.42. The Balaban J connectivity index is 1.75. The van der Waals surface area contributed by atoms with Crippen LogP contribution < -0.4 is 11.1 Å². The molecule has 6 heteroatoms. The number of hydrogen-bond acceptors (Lipinski definition) is 5. The largest absolute Gasteiger partial charge is 0.393 e. The van der Waals surface area contributed by atoms with Crippen molar-refractivity contribution in [3.8, 4) is 0 Å². The van der Waals surface area contributed by atoms with Gasteiger partial charge in [-0.05, 0) is 44.4 Å². The molecule has 6 nitrogen and oxygen atoms in total. The summed E-state index contributed by atoms with van der Waals surface area (Å²) in [5.74, 6) is 0. The molecule has 2 atom stereocenters. The Hall–Kier alpha value is -1.82. The van der Waals surface area contributed by atoms with E-state index >= 15 is 0 Å². The van der Waals surface area contributed by atoms with E-state index in [2.05, 4.69) is 10.2 Å². The summed E-state index contributed by atoms with van der Waals surface area (Å²) in [5, 5.41) is 14.5. The van der Waals surface area contributed by atoms with Crippen LogP contribution in [0.5, 0.6) is 0 Å². The molecule has 2 aliphatic rings. The van der Waals surface area contributed by atoms with Crippen LogP contribution >= 0.6 is 0 Å². The van der Waals surface area contributed by atoms with Crippen LogP contribution in [0.15, 0.2) is 18.2 Å². The molecule has 0 aliphatic carbocycles. The molecule has 1 aromatic rings. The second-order valence-corrected chi connectivity index (χ2v) is 5.70. The third-order valence-corrected chi connectivity index (χ3v) is 4.43. The van der Waals surface area contributed by atoms with Crippen molar-refractivity contribution in [1.29, 1.82) is 0 Å². The van der Waals surface area contributed by atoms with E-state index in [-0.39, 0.29) is 11.4 Å². The SMILES string of the molecule is Nc1cccc(NC2CCN3CCCC3C2)c1[N+](=O)[O-]. The van der Waals surface area contributed by atoms with Crippen molar-refractivity contribution >= 4 is 17.1 Å². The molecule has 0 saturated carbocycles. The molecule has 0 bridgehead atoms. The number of rotatable bonds is 3. The molecule has 1 aromatic carbocycles. The van der Waals surface area contributed by atoms with Crippen LogP contribution in [-0.2, 0) is 0 Å². The summed E-state index contributed by atoms with van der Waals surface area (Å²) in [6, 6.07) is 6.02. The number of fused-ring (bicyclic) bond motifs is 1. The zero-order valence-corrected chi connectivity index (χ0v) is 11.4. The lowest BCUT2D eigenvalue weighted by atomic mass is 9.97. The number of para-hydroxylation sites is 1. The maximum atomic E-state index is 11.1. The monoisotopic (exact) mass is 276 g/mol. The Morgan fingerprint density at radius 3 is 3.00 bits per heavy atom. The Morgan fingerprint density at radius 2 is 2.20 bits per heavy atom. The Morgan fingerprint density at radius 1 is 1.35 bits per heavy atom. The minimum Gasteiger partial charge on any atom is -0.393 e. The third kappa shape index (κ3) is 2.43. The van der Waals surface area contributed by atoms with E-state index in [1.165, 1.54) is 19.4 Å². The number of nitrogens with zero attached hydrogens (tertiary/aromatic N) is 2. The number of nitro benzene ring substituents is 1. The smallest absolute Gasteiger partial charge is 0.314 e. The lowest BCUT2D eigenvalue weighted by Gasteiger charge is -2.35. The molecular weight excluding hydrogens is 256 g/mol. The van der Waals surface area contributed by atoms with E-state index in [4.69, 9.17) is 5.73 Å². The lowest BCUT2D eigenvalue weighted by molar-refractivity contribution is -0.383. The van der Waals surface area contributed by atoms with Gasteiger partial charge in [-0.25, -0.2) is 0 Å². The van der Waals surface area contributed by atoms with Crippen LogP contribution in [0.1, 0.15) is 25.7 Å². The first-order valence-electron chi connectivity index (χ1n) is 7.18. The summed E-state index contributed by atoms with van der Waals surface area (Å²) in [6.07, 6.45) is 4.61. The van der Waals surface area contributed by atoms with Crippen molar-refractivity contribution in [2.24, 2.45) is 0 Å². The molecule has 2 saturated heterocycles. The van der Waals surface area contributed by atoms with Crippen molar-refractivity contribution in [3.63, 3.8) is 0 Å². The van der Waals surface area contributed by atoms with Crippen LogP contribution in [0, 0.1) is 10.1 Å². The zero-order valence-electron chi connectivity index (χ0n) is 11.4. The average Bonchev–Trinajstić information content (AvgIpc) is 2.85. The Bertz CT molecular complexity index is 520. The predicted octanol–water partition coefficient (Wildman–Crippen LogP) is 2.22. The van der Waals surface area contributed by atoms with Crippen LogP contribution in [0.3, 0.4) is 0 Å². The van der Waals surface area contributed by atoms with E-state index in [1.54, 1.807) is 18.2 Å².